The second kappa shape index (κ2) is 7.41. The predicted molar refractivity (Wildman–Crippen MR) is 109 cm³/mol. The summed E-state index contributed by atoms with van der Waals surface area (Å²) in [4.78, 5) is 18.0. The molecule has 27 heavy (non-hydrogen) atoms. The number of carbonyl (C=O) groups is 1. The van der Waals surface area contributed by atoms with Crippen molar-refractivity contribution >= 4 is 44.3 Å². The van der Waals surface area contributed by atoms with Gasteiger partial charge in [0.25, 0.3) is 5.91 Å². The van der Waals surface area contributed by atoms with Crippen LogP contribution in [0.3, 0.4) is 0 Å². The number of fused-ring (bicyclic) bond motifs is 1. The summed E-state index contributed by atoms with van der Waals surface area (Å²) < 4.78 is 26.7. The van der Waals surface area contributed by atoms with Gasteiger partial charge in [0.15, 0.2) is 0 Å². The summed E-state index contributed by atoms with van der Waals surface area (Å²) in [5, 5.41) is 5.43. The standard InChI is InChI=1S/C18H17N3O3S3/c22-17(16-12-20-18(26-16)15-6-3-10-25-15)19-8-11-27(23,24)21-9-7-13-4-1-2-5-14(13)21/h1-6,10,12H,7-9,11H2,(H,19,22). The molecule has 0 radical (unpaired) electrons. The van der Waals surface area contributed by atoms with Gasteiger partial charge in [-0.15, -0.1) is 22.7 Å². The number of aromatic nitrogens is 1. The Morgan fingerprint density at radius 3 is 2.89 bits per heavy atom. The number of benzene rings is 1. The summed E-state index contributed by atoms with van der Waals surface area (Å²) in [6.45, 7) is 0.515. The van der Waals surface area contributed by atoms with Crippen LogP contribution in [-0.2, 0) is 16.4 Å². The summed E-state index contributed by atoms with van der Waals surface area (Å²) in [5.41, 5.74) is 1.78. The van der Waals surface area contributed by atoms with E-state index in [-0.39, 0.29) is 18.2 Å². The molecule has 1 N–H and O–H groups in total. The minimum Gasteiger partial charge on any atom is -0.350 e. The number of nitrogens with zero attached hydrogens (tertiary/aromatic N) is 2. The van der Waals surface area contributed by atoms with E-state index in [1.165, 1.54) is 21.8 Å². The lowest BCUT2D eigenvalue weighted by Gasteiger charge is -2.19. The summed E-state index contributed by atoms with van der Waals surface area (Å²) in [6.07, 6.45) is 2.24. The third kappa shape index (κ3) is 3.76. The third-order valence-electron chi connectivity index (χ3n) is 4.29. The Morgan fingerprint density at radius 1 is 1.22 bits per heavy atom. The van der Waals surface area contributed by atoms with E-state index in [0.717, 1.165) is 21.1 Å². The SMILES string of the molecule is O=C(NCCS(=O)(=O)N1CCc2ccccc21)c1cnc(-c2cccs2)s1. The molecule has 0 bridgehead atoms. The first-order valence-electron chi connectivity index (χ1n) is 8.41. The second-order valence-corrected chi connectivity index (χ2v) is 10.0. The molecule has 0 fully saturated rings. The van der Waals surface area contributed by atoms with Crippen molar-refractivity contribution in [1.82, 2.24) is 10.3 Å². The normalized spacial score (nSPS) is 13.6. The van der Waals surface area contributed by atoms with Crippen LogP contribution in [-0.4, -0.2) is 38.2 Å². The molecule has 9 heteroatoms. The molecular formula is C18H17N3O3S3. The molecule has 0 aliphatic carbocycles. The van der Waals surface area contributed by atoms with E-state index >= 15 is 0 Å². The topological polar surface area (TPSA) is 79.4 Å². The largest absolute Gasteiger partial charge is 0.350 e. The molecule has 0 saturated carbocycles. The molecule has 3 heterocycles. The minimum absolute atomic E-state index is 0.0616. The molecule has 6 nitrogen and oxygen atoms in total. The van der Waals surface area contributed by atoms with Crippen molar-refractivity contribution < 1.29 is 13.2 Å². The number of rotatable bonds is 6. The van der Waals surface area contributed by atoms with E-state index in [1.807, 2.05) is 41.8 Å². The van der Waals surface area contributed by atoms with Gasteiger partial charge in [-0.3, -0.25) is 9.10 Å². The van der Waals surface area contributed by atoms with Gasteiger partial charge in [-0.25, -0.2) is 13.4 Å². The molecule has 4 rings (SSSR count). The highest BCUT2D eigenvalue weighted by atomic mass is 32.2. The molecule has 140 valence electrons. The maximum absolute atomic E-state index is 12.6. The fourth-order valence-electron chi connectivity index (χ4n) is 2.98. The lowest BCUT2D eigenvalue weighted by molar-refractivity contribution is 0.0960. The van der Waals surface area contributed by atoms with Crippen molar-refractivity contribution in [2.75, 3.05) is 23.1 Å². The Morgan fingerprint density at radius 2 is 2.07 bits per heavy atom. The van der Waals surface area contributed by atoms with E-state index < -0.39 is 10.0 Å². The molecule has 1 aliphatic heterocycles. The Bertz CT molecular complexity index is 1060. The van der Waals surface area contributed by atoms with Crippen molar-refractivity contribution in [2.45, 2.75) is 6.42 Å². The molecule has 0 unspecified atom stereocenters. The van der Waals surface area contributed by atoms with Gasteiger partial charge in [0, 0.05) is 13.1 Å². The second-order valence-electron chi connectivity index (χ2n) is 6.03. The quantitative estimate of drug-likeness (QED) is 0.666. The zero-order chi connectivity index (χ0) is 18.9. The Kier molecular flexibility index (Phi) is 4.98. The van der Waals surface area contributed by atoms with Gasteiger partial charge in [-0.05, 0) is 29.5 Å². The van der Waals surface area contributed by atoms with Crippen LogP contribution in [0.5, 0.6) is 0 Å². The van der Waals surface area contributed by atoms with Gasteiger partial charge in [0.2, 0.25) is 10.0 Å². The third-order valence-corrected chi connectivity index (χ3v) is 8.09. The number of sulfonamides is 1. The van der Waals surface area contributed by atoms with Crippen molar-refractivity contribution in [3.8, 4) is 9.88 Å². The number of carbonyl (C=O) groups excluding carboxylic acids is 1. The smallest absolute Gasteiger partial charge is 0.263 e. The predicted octanol–water partition coefficient (Wildman–Crippen LogP) is 2.99. The number of anilines is 1. The molecule has 1 aliphatic rings. The van der Waals surface area contributed by atoms with Crippen molar-refractivity contribution in [2.24, 2.45) is 0 Å². The fraction of sp³-hybridized carbons (Fsp3) is 0.222. The van der Waals surface area contributed by atoms with Gasteiger partial charge >= 0.3 is 0 Å². The van der Waals surface area contributed by atoms with E-state index in [1.54, 1.807) is 11.3 Å². The zero-order valence-corrected chi connectivity index (χ0v) is 16.7. The number of amides is 1. The van der Waals surface area contributed by atoms with Crippen LogP contribution in [0, 0.1) is 0 Å². The molecule has 3 aromatic rings. The molecule has 1 aromatic carbocycles. The number of thiazole rings is 1. The average molecular weight is 420 g/mol. The number of thiophene rings is 1. The Balaban J connectivity index is 1.36. The number of hydrogen-bond donors (Lipinski definition) is 1. The highest BCUT2D eigenvalue weighted by molar-refractivity contribution is 7.92. The van der Waals surface area contributed by atoms with Crippen molar-refractivity contribution in [1.29, 1.82) is 0 Å². The molecular weight excluding hydrogens is 402 g/mol. The summed E-state index contributed by atoms with van der Waals surface area (Å²) >= 11 is 2.86. The van der Waals surface area contributed by atoms with Gasteiger partial charge in [-0.1, -0.05) is 24.3 Å². The highest BCUT2D eigenvalue weighted by Gasteiger charge is 2.28. The number of nitrogens with one attached hydrogen (secondary N) is 1. The van der Waals surface area contributed by atoms with Gasteiger partial charge in [0.05, 0.1) is 22.5 Å². The van der Waals surface area contributed by atoms with Gasteiger partial charge in [0.1, 0.15) is 9.88 Å². The van der Waals surface area contributed by atoms with E-state index in [4.69, 9.17) is 0 Å². The van der Waals surface area contributed by atoms with Crippen molar-refractivity contribution in [3.05, 3.63) is 58.4 Å². The average Bonchev–Trinajstić information content (AvgIpc) is 3.40. The van der Waals surface area contributed by atoms with Gasteiger partial charge < -0.3 is 5.32 Å². The lowest BCUT2D eigenvalue weighted by Crippen LogP contribution is -2.36. The maximum atomic E-state index is 12.6. The first-order chi connectivity index (χ1) is 13.0. The monoisotopic (exact) mass is 419 g/mol. The van der Waals surface area contributed by atoms with Crippen LogP contribution in [0.25, 0.3) is 9.88 Å². The number of hydrogen-bond acceptors (Lipinski definition) is 6. The first kappa shape index (κ1) is 18.1. The van der Waals surface area contributed by atoms with E-state index in [2.05, 4.69) is 10.3 Å². The fourth-order valence-corrected chi connectivity index (χ4v) is 6.05. The number of para-hydroxylation sites is 1. The summed E-state index contributed by atoms with van der Waals surface area (Å²) in [7, 11) is -3.47. The zero-order valence-electron chi connectivity index (χ0n) is 14.3. The van der Waals surface area contributed by atoms with E-state index in [0.29, 0.717) is 17.8 Å². The Hall–Kier alpha value is -2.23. The van der Waals surface area contributed by atoms with Crippen LogP contribution in [0.15, 0.2) is 48.0 Å². The van der Waals surface area contributed by atoms with Crippen LogP contribution >= 0.6 is 22.7 Å². The van der Waals surface area contributed by atoms with Crippen molar-refractivity contribution in [3.63, 3.8) is 0 Å². The molecule has 0 saturated heterocycles. The molecule has 0 atom stereocenters. The summed E-state index contributed by atoms with van der Waals surface area (Å²) in [6, 6.07) is 11.4. The molecule has 1 amide bonds. The maximum Gasteiger partial charge on any atom is 0.263 e. The van der Waals surface area contributed by atoms with Crippen LogP contribution < -0.4 is 9.62 Å². The van der Waals surface area contributed by atoms with E-state index in [9.17, 15) is 13.2 Å². The lowest BCUT2D eigenvalue weighted by atomic mass is 10.2. The molecule has 0 spiro atoms. The minimum atomic E-state index is -3.47. The van der Waals surface area contributed by atoms with Crippen LogP contribution in [0.1, 0.15) is 15.2 Å². The highest BCUT2D eigenvalue weighted by Crippen LogP contribution is 2.30. The van der Waals surface area contributed by atoms with Gasteiger partial charge in [-0.2, -0.15) is 0 Å². The first-order valence-corrected chi connectivity index (χ1v) is 11.7. The Labute approximate surface area is 165 Å². The summed E-state index contributed by atoms with van der Waals surface area (Å²) in [5.74, 6) is -0.434. The van der Waals surface area contributed by atoms with Crippen LogP contribution in [0.2, 0.25) is 0 Å². The molecule has 2 aromatic heterocycles. The van der Waals surface area contributed by atoms with Crippen LogP contribution in [0.4, 0.5) is 5.69 Å².